The molecule has 4 nitrogen and oxygen atoms in total. The van der Waals surface area contributed by atoms with Gasteiger partial charge in [-0.15, -0.1) is 11.3 Å². The van der Waals surface area contributed by atoms with E-state index in [1.807, 2.05) is 60.7 Å². The van der Waals surface area contributed by atoms with Crippen molar-refractivity contribution in [1.29, 1.82) is 5.26 Å². The molecule has 0 saturated heterocycles. The molecule has 0 unspecified atom stereocenters. The SMILES string of the molecule is CCS(=O)(=O)c1sc(N)c(C#N)c1-c1ccc(-c2ccccc2)cc1. The molecule has 3 aromatic rings. The Morgan fingerprint density at radius 1 is 1.00 bits per heavy atom. The molecule has 0 atom stereocenters. The van der Waals surface area contributed by atoms with Crippen LogP contribution in [0.4, 0.5) is 5.00 Å². The predicted molar refractivity (Wildman–Crippen MR) is 102 cm³/mol. The highest BCUT2D eigenvalue weighted by atomic mass is 32.2. The number of hydrogen-bond donors (Lipinski definition) is 1. The molecule has 0 spiro atoms. The minimum absolute atomic E-state index is 0.0348. The number of nitriles is 1. The van der Waals surface area contributed by atoms with Crippen molar-refractivity contribution in [3.05, 3.63) is 60.2 Å². The van der Waals surface area contributed by atoms with E-state index in [2.05, 4.69) is 0 Å². The average molecular weight is 368 g/mol. The van der Waals surface area contributed by atoms with Crippen LogP contribution in [0.2, 0.25) is 0 Å². The molecule has 0 amide bonds. The normalized spacial score (nSPS) is 11.2. The summed E-state index contributed by atoms with van der Waals surface area (Å²) in [7, 11) is -3.46. The van der Waals surface area contributed by atoms with Crippen molar-refractivity contribution in [2.45, 2.75) is 11.1 Å². The van der Waals surface area contributed by atoms with E-state index in [0.29, 0.717) is 11.1 Å². The van der Waals surface area contributed by atoms with Crippen molar-refractivity contribution in [1.82, 2.24) is 0 Å². The Morgan fingerprint density at radius 3 is 2.12 bits per heavy atom. The van der Waals surface area contributed by atoms with Crippen LogP contribution in [0.3, 0.4) is 0 Å². The summed E-state index contributed by atoms with van der Waals surface area (Å²) in [4.78, 5) is 0. The second-order valence-electron chi connectivity index (χ2n) is 5.46. The molecule has 126 valence electrons. The molecule has 2 aromatic carbocycles. The Hall–Kier alpha value is -2.62. The van der Waals surface area contributed by atoms with Crippen LogP contribution in [0, 0.1) is 11.3 Å². The van der Waals surface area contributed by atoms with Crippen LogP contribution in [0.25, 0.3) is 22.3 Å². The van der Waals surface area contributed by atoms with Crippen LogP contribution < -0.4 is 5.73 Å². The Morgan fingerprint density at radius 2 is 1.56 bits per heavy atom. The molecule has 0 fully saturated rings. The summed E-state index contributed by atoms with van der Waals surface area (Å²) in [5.41, 5.74) is 9.30. The highest BCUT2D eigenvalue weighted by Crippen LogP contribution is 2.41. The third-order valence-electron chi connectivity index (χ3n) is 3.96. The summed E-state index contributed by atoms with van der Waals surface area (Å²) in [6, 6.07) is 19.4. The zero-order valence-electron chi connectivity index (χ0n) is 13.6. The van der Waals surface area contributed by atoms with Gasteiger partial charge in [-0.25, -0.2) is 8.42 Å². The molecule has 6 heteroatoms. The lowest BCUT2D eigenvalue weighted by atomic mass is 10.00. The molecule has 0 aliphatic rings. The van der Waals surface area contributed by atoms with Gasteiger partial charge in [0.15, 0.2) is 9.84 Å². The van der Waals surface area contributed by atoms with Crippen molar-refractivity contribution in [2.24, 2.45) is 0 Å². The standard InChI is InChI=1S/C19H16N2O2S2/c1-2-25(22,23)19-17(16(12-20)18(21)24-19)15-10-8-14(9-11-15)13-6-4-3-5-7-13/h3-11H,2,21H2,1H3. The summed E-state index contributed by atoms with van der Waals surface area (Å²) in [5.74, 6) is -0.0348. The van der Waals surface area contributed by atoms with Crippen LogP contribution in [-0.4, -0.2) is 14.2 Å². The number of anilines is 1. The summed E-state index contributed by atoms with van der Waals surface area (Å²) in [6.45, 7) is 1.58. The van der Waals surface area contributed by atoms with E-state index in [-0.39, 0.29) is 20.5 Å². The first kappa shape index (κ1) is 17.2. The van der Waals surface area contributed by atoms with Crippen LogP contribution >= 0.6 is 11.3 Å². The van der Waals surface area contributed by atoms with E-state index < -0.39 is 9.84 Å². The van der Waals surface area contributed by atoms with E-state index in [1.54, 1.807) is 6.92 Å². The lowest BCUT2D eigenvalue weighted by Crippen LogP contribution is -2.03. The largest absolute Gasteiger partial charge is 0.389 e. The van der Waals surface area contributed by atoms with Crippen LogP contribution in [0.1, 0.15) is 12.5 Å². The molecule has 0 saturated carbocycles. The number of thiophene rings is 1. The minimum Gasteiger partial charge on any atom is -0.389 e. The van der Waals surface area contributed by atoms with E-state index >= 15 is 0 Å². The zero-order valence-corrected chi connectivity index (χ0v) is 15.2. The fourth-order valence-corrected chi connectivity index (χ4v) is 5.31. The molecule has 0 aliphatic heterocycles. The molecule has 1 aromatic heterocycles. The average Bonchev–Trinajstić information content (AvgIpc) is 2.99. The van der Waals surface area contributed by atoms with Gasteiger partial charge in [0, 0.05) is 5.56 Å². The van der Waals surface area contributed by atoms with Crippen molar-refractivity contribution < 1.29 is 8.42 Å². The molecule has 0 radical (unpaired) electrons. The highest BCUT2D eigenvalue weighted by molar-refractivity contribution is 7.93. The lowest BCUT2D eigenvalue weighted by Gasteiger charge is -2.07. The van der Waals surface area contributed by atoms with Gasteiger partial charge in [0.05, 0.1) is 11.3 Å². The van der Waals surface area contributed by atoms with E-state index in [4.69, 9.17) is 5.73 Å². The molecule has 25 heavy (non-hydrogen) atoms. The van der Waals surface area contributed by atoms with Crippen LogP contribution in [0.5, 0.6) is 0 Å². The summed E-state index contributed by atoms with van der Waals surface area (Å²) < 4.78 is 25.0. The van der Waals surface area contributed by atoms with Gasteiger partial charge in [-0.3, -0.25) is 0 Å². The first-order valence-corrected chi connectivity index (χ1v) is 10.2. The molecular formula is C19H16N2O2S2. The predicted octanol–water partition coefficient (Wildman–Crippen LogP) is 4.33. The quantitative estimate of drug-likeness (QED) is 0.743. The Bertz CT molecular complexity index is 1050. The maximum absolute atomic E-state index is 12.4. The fourth-order valence-electron chi connectivity index (χ4n) is 2.61. The van der Waals surface area contributed by atoms with Crippen LogP contribution in [0.15, 0.2) is 58.8 Å². The Labute approximate surface area is 151 Å². The van der Waals surface area contributed by atoms with Gasteiger partial charge >= 0.3 is 0 Å². The number of benzene rings is 2. The maximum atomic E-state index is 12.4. The van der Waals surface area contributed by atoms with Gasteiger partial charge in [-0.2, -0.15) is 5.26 Å². The number of rotatable bonds is 4. The third kappa shape index (κ3) is 3.16. The van der Waals surface area contributed by atoms with Gasteiger partial charge in [-0.1, -0.05) is 61.5 Å². The van der Waals surface area contributed by atoms with Gasteiger partial charge in [0.2, 0.25) is 0 Å². The smallest absolute Gasteiger partial charge is 0.188 e. The number of hydrogen-bond acceptors (Lipinski definition) is 5. The summed E-state index contributed by atoms with van der Waals surface area (Å²) >= 11 is 0.960. The van der Waals surface area contributed by atoms with Crippen molar-refractivity contribution in [3.8, 4) is 28.3 Å². The summed E-state index contributed by atoms with van der Waals surface area (Å²) in [6.07, 6.45) is 0. The Kier molecular flexibility index (Phi) is 4.62. The molecule has 0 bridgehead atoms. The third-order valence-corrected chi connectivity index (χ3v) is 7.31. The number of nitrogens with two attached hydrogens (primary N) is 1. The van der Waals surface area contributed by atoms with Crippen LogP contribution in [-0.2, 0) is 9.84 Å². The molecule has 3 rings (SSSR count). The van der Waals surface area contributed by atoms with Gasteiger partial charge < -0.3 is 5.73 Å². The fraction of sp³-hybridized carbons (Fsp3) is 0.105. The van der Waals surface area contributed by atoms with E-state index in [1.165, 1.54) is 0 Å². The van der Waals surface area contributed by atoms with Gasteiger partial charge in [0.1, 0.15) is 15.3 Å². The van der Waals surface area contributed by atoms with Gasteiger partial charge in [0.25, 0.3) is 0 Å². The number of sulfone groups is 1. The van der Waals surface area contributed by atoms with Crippen molar-refractivity contribution >= 4 is 26.2 Å². The maximum Gasteiger partial charge on any atom is 0.188 e. The first-order chi connectivity index (χ1) is 12.0. The lowest BCUT2D eigenvalue weighted by molar-refractivity contribution is 0.599. The minimum atomic E-state index is -3.46. The van der Waals surface area contributed by atoms with E-state index in [0.717, 1.165) is 22.5 Å². The molecule has 2 N–H and O–H groups in total. The van der Waals surface area contributed by atoms with E-state index in [9.17, 15) is 13.7 Å². The summed E-state index contributed by atoms with van der Waals surface area (Å²) in [5, 5.41) is 9.66. The van der Waals surface area contributed by atoms with Crippen molar-refractivity contribution in [3.63, 3.8) is 0 Å². The molecule has 1 heterocycles. The topological polar surface area (TPSA) is 83.9 Å². The monoisotopic (exact) mass is 368 g/mol. The van der Waals surface area contributed by atoms with Gasteiger partial charge in [-0.05, 0) is 16.7 Å². The number of nitrogens with zero attached hydrogens (tertiary/aromatic N) is 1. The second-order valence-corrected chi connectivity index (χ2v) is 8.99. The van der Waals surface area contributed by atoms with Crippen molar-refractivity contribution in [2.75, 3.05) is 11.5 Å². The molecular weight excluding hydrogens is 352 g/mol. The number of nitrogen functional groups attached to an aromatic ring is 1. The first-order valence-electron chi connectivity index (χ1n) is 7.69. The second kappa shape index (κ2) is 6.71. The zero-order chi connectivity index (χ0) is 18.0. The Balaban J connectivity index is 2.16. The molecule has 0 aliphatic carbocycles. The highest BCUT2D eigenvalue weighted by Gasteiger charge is 2.26.